The number of β-amino-alcohol motifs (C(OH)–C–C–N with tert-alkyl or cyclic N) is 1. The van der Waals surface area contributed by atoms with E-state index in [1.165, 1.54) is 24.3 Å². The SMILES string of the molecule is O=C(O)[C@@H]1CC(O)CN1C(=O)c1ccccc1[N+](=O)[O-]. The van der Waals surface area contributed by atoms with Gasteiger partial charge in [-0.2, -0.15) is 0 Å². The van der Waals surface area contributed by atoms with Gasteiger partial charge in [0, 0.05) is 19.0 Å². The number of carbonyl (C=O) groups is 2. The predicted molar refractivity (Wildman–Crippen MR) is 66.2 cm³/mol. The Morgan fingerprint density at radius 1 is 1.35 bits per heavy atom. The molecule has 2 atom stereocenters. The van der Waals surface area contributed by atoms with Crippen LogP contribution in [0.3, 0.4) is 0 Å². The molecule has 0 aliphatic carbocycles. The summed E-state index contributed by atoms with van der Waals surface area (Å²) in [6.45, 7) is -0.151. The first kappa shape index (κ1) is 13.9. The van der Waals surface area contributed by atoms with E-state index in [4.69, 9.17) is 5.11 Å². The van der Waals surface area contributed by atoms with Crippen molar-refractivity contribution in [2.75, 3.05) is 6.54 Å². The standard InChI is InChI=1S/C12H12N2O6/c15-7-5-10(12(17)18)13(6-7)11(16)8-3-1-2-4-9(8)14(19)20/h1-4,7,10,15H,5-6H2,(H,17,18)/t7?,10-/m0/s1. The molecule has 8 nitrogen and oxygen atoms in total. The number of carboxylic acids is 1. The van der Waals surface area contributed by atoms with Gasteiger partial charge in [-0.1, -0.05) is 12.1 Å². The summed E-state index contributed by atoms with van der Waals surface area (Å²) < 4.78 is 0. The predicted octanol–water partition coefficient (Wildman–Crippen LogP) is 0.255. The molecule has 1 fully saturated rings. The molecule has 0 saturated carbocycles. The third-order valence-electron chi connectivity index (χ3n) is 3.16. The lowest BCUT2D eigenvalue weighted by molar-refractivity contribution is -0.385. The Balaban J connectivity index is 2.36. The van der Waals surface area contributed by atoms with Crippen LogP contribution in [0.2, 0.25) is 0 Å². The van der Waals surface area contributed by atoms with E-state index >= 15 is 0 Å². The molecule has 1 unspecified atom stereocenters. The summed E-state index contributed by atoms with van der Waals surface area (Å²) in [7, 11) is 0. The number of likely N-dealkylation sites (tertiary alicyclic amines) is 1. The van der Waals surface area contributed by atoms with Crippen LogP contribution in [-0.2, 0) is 4.79 Å². The number of rotatable bonds is 3. The van der Waals surface area contributed by atoms with Crippen LogP contribution in [0.25, 0.3) is 0 Å². The second-order valence-corrected chi connectivity index (χ2v) is 4.48. The van der Waals surface area contributed by atoms with Gasteiger partial charge in [-0.3, -0.25) is 14.9 Å². The van der Waals surface area contributed by atoms with Crippen LogP contribution >= 0.6 is 0 Å². The Bertz CT molecular complexity index is 573. The molecule has 1 aromatic carbocycles. The van der Waals surface area contributed by atoms with Gasteiger partial charge in [-0.15, -0.1) is 0 Å². The molecular weight excluding hydrogens is 268 g/mol. The summed E-state index contributed by atoms with van der Waals surface area (Å²) in [6, 6.07) is 4.15. The van der Waals surface area contributed by atoms with Gasteiger partial charge in [0.2, 0.25) is 0 Å². The molecule has 0 radical (unpaired) electrons. The van der Waals surface area contributed by atoms with E-state index in [9.17, 15) is 24.8 Å². The molecule has 0 spiro atoms. The van der Waals surface area contributed by atoms with E-state index in [-0.39, 0.29) is 24.2 Å². The van der Waals surface area contributed by atoms with Gasteiger partial charge in [0.05, 0.1) is 11.0 Å². The second-order valence-electron chi connectivity index (χ2n) is 4.48. The van der Waals surface area contributed by atoms with Crippen LogP contribution in [0.15, 0.2) is 24.3 Å². The van der Waals surface area contributed by atoms with Crippen LogP contribution in [0.5, 0.6) is 0 Å². The molecule has 1 aliphatic rings. The zero-order valence-corrected chi connectivity index (χ0v) is 10.3. The van der Waals surface area contributed by atoms with Crippen molar-refractivity contribution in [3.8, 4) is 0 Å². The van der Waals surface area contributed by atoms with Gasteiger partial charge in [0.1, 0.15) is 11.6 Å². The van der Waals surface area contributed by atoms with Crippen molar-refractivity contribution in [1.29, 1.82) is 0 Å². The number of aliphatic hydroxyl groups is 1. The molecule has 1 saturated heterocycles. The number of benzene rings is 1. The highest BCUT2D eigenvalue weighted by atomic mass is 16.6. The Labute approximate surface area is 113 Å². The highest BCUT2D eigenvalue weighted by molar-refractivity contribution is 6.00. The van der Waals surface area contributed by atoms with Crippen molar-refractivity contribution >= 4 is 17.6 Å². The number of nitro benzene ring substituents is 1. The van der Waals surface area contributed by atoms with Gasteiger partial charge in [-0.25, -0.2) is 4.79 Å². The summed E-state index contributed by atoms with van der Waals surface area (Å²) in [5.74, 6) is -2.00. The summed E-state index contributed by atoms with van der Waals surface area (Å²) >= 11 is 0. The van der Waals surface area contributed by atoms with Crippen molar-refractivity contribution in [2.45, 2.75) is 18.6 Å². The Morgan fingerprint density at radius 2 is 2.00 bits per heavy atom. The van der Waals surface area contributed by atoms with Gasteiger partial charge < -0.3 is 15.1 Å². The van der Waals surface area contributed by atoms with Crippen molar-refractivity contribution in [2.24, 2.45) is 0 Å². The van der Waals surface area contributed by atoms with Crippen molar-refractivity contribution in [1.82, 2.24) is 4.90 Å². The van der Waals surface area contributed by atoms with Gasteiger partial charge >= 0.3 is 5.97 Å². The zero-order chi connectivity index (χ0) is 14.9. The monoisotopic (exact) mass is 280 g/mol. The van der Waals surface area contributed by atoms with E-state index < -0.39 is 28.9 Å². The molecule has 106 valence electrons. The molecule has 0 bridgehead atoms. The number of carboxylic acid groups (broad SMARTS) is 1. The lowest BCUT2D eigenvalue weighted by Crippen LogP contribution is -2.40. The highest BCUT2D eigenvalue weighted by Gasteiger charge is 2.40. The summed E-state index contributed by atoms with van der Waals surface area (Å²) in [5.41, 5.74) is -0.569. The first-order valence-corrected chi connectivity index (χ1v) is 5.87. The Kier molecular flexibility index (Phi) is 3.66. The number of aliphatic hydroxyl groups excluding tert-OH is 1. The van der Waals surface area contributed by atoms with Gasteiger partial charge in [0.15, 0.2) is 0 Å². The summed E-state index contributed by atoms with van der Waals surface area (Å²) in [4.78, 5) is 34.5. The normalized spacial score (nSPS) is 21.8. The number of nitrogens with zero attached hydrogens (tertiary/aromatic N) is 2. The Morgan fingerprint density at radius 3 is 2.60 bits per heavy atom. The van der Waals surface area contributed by atoms with Crippen molar-refractivity contribution in [3.05, 3.63) is 39.9 Å². The number of hydrogen-bond acceptors (Lipinski definition) is 5. The van der Waals surface area contributed by atoms with Gasteiger partial charge in [-0.05, 0) is 6.07 Å². The minimum absolute atomic E-state index is 0.0816. The van der Waals surface area contributed by atoms with E-state index in [1.807, 2.05) is 0 Å². The fraction of sp³-hybridized carbons (Fsp3) is 0.333. The molecular formula is C12H12N2O6. The molecule has 1 amide bonds. The maximum Gasteiger partial charge on any atom is 0.326 e. The zero-order valence-electron chi connectivity index (χ0n) is 10.3. The van der Waals surface area contributed by atoms with Crippen LogP contribution in [0, 0.1) is 10.1 Å². The van der Waals surface area contributed by atoms with Crippen LogP contribution in [0.1, 0.15) is 16.8 Å². The number of nitro groups is 1. The molecule has 2 N–H and O–H groups in total. The first-order valence-electron chi connectivity index (χ1n) is 5.87. The quantitative estimate of drug-likeness (QED) is 0.605. The van der Waals surface area contributed by atoms with Crippen molar-refractivity contribution < 1.29 is 24.7 Å². The molecule has 8 heteroatoms. The number of carbonyl (C=O) groups excluding carboxylic acids is 1. The lowest BCUT2D eigenvalue weighted by atomic mass is 10.1. The maximum absolute atomic E-state index is 12.3. The third kappa shape index (κ3) is 2.45. The minimum Gasteiger partial charge on any atom is -0.480 e. The minimum atomic E-state index is -1.24. The molecule has 1 aliphatic heterocycles. The fourth-order valence-electron chi connectivity index (χ4n) is 2.24. The largest absolute Gasteiger partial charge is 0.480 e. The first-order chi connectivity index (χ1) is 9.41. The van der Waals surface area contributed by atoms with Crippen molar-refractivity contribution in [3.63, 3.8) is 0 Å². The number of hydrogen-bond donors (Lipinski definition) is 2. The van der Waals surface area contributed by atoms with Crippen LogP contribution < -0.4 is 0 Å². The summed E-state index contributed by atoms with van der Waals surface area (Å²) in [6.07, 6.45) is -1.02. The molecule has 20 heavy (non-hydrogen) atoms. The van der Waals surface area contributed by atoms with Gasteiger partial charge in [0.25, 0.3) is 11.6 Å². The topological polar surface area (TPSA) is 121 Å². The number of amides is 1. The summed E-state index contributed by atoms with van der Waals surface area (Å²) in [5, 5.41) is 29.4. The second kappa shape index (κ2) is 5.25. The third-order valence-corrected chi connectivity index (χ3v) is 3.16. The smallest absolute Gasteiger partial charge is 0.326 e. The average Bonchev–Trinajstić information content (AvgIpc) is 2.80. The highest BCUT2D eigenvalue weighted by Crippen LogP contribution is 2.25. The van der Waals surface area contributed by atoms with E-state index in [0.29, 0.717) is 0 Å². The molecule has 1 aromatic rings. The average molecular weight is 280 g/mol. The molecule has 1 heterocycles. The lowest BCUT2D eigenvalue weighted by Gasteiger charge is -2.20. The van der Waals surface area contributed by atoms with E-state index in [2.05, 4.69) is 0 Å². The van der Waals surface area contributed by atoms with E-state index in [0.717, 1.165) is 4.90 Å². The maximum atomic E-state index is 12.3. The van der Waals surface area contributed by atoms with E-state index in [1.54, 1.807) is 0 Å². The molecule has 0 aromatic heterocycles. The molecule has 2 rings (SSSR count). The fourth-order valence-corrected chi connectivity index (χ4v) is 2.24. The Hall–Kier alpha value is -2.48. The van der Waals surface area contributed by atoms with Crippen LogP contribution in [0.4, 0.5) is 5.69 Å². The number of para-hydroxylation sites is 1. The van der Waals surface area contributed by atoms with Crippen LogP contribution in [-0.4, -0.2) is 50.6 Å². The number of aliphatic carboxylic acids is 1.